The van der Waals surface area contributed by atoms with Gasteiger partial charge in [-0.1, -0.05) is 39.3 Å². The van der Waals surface area contributed by atoms with Crippen LogP contribution in [0.2, 0.25) is 0 Å². The molecule has 0 radical (unpaired) electrons. The van der Waals surface area contributed by atoms with Crippen molar-refractivity contribution in [2.45, 2.75) is 48.0 Å². The van der Waals surface area contributed by atoms with E-state index in [-0.39, 0.29) is 12.2 Å². The zero-order chi connectivity index (χ0) is 17.0. The van der Waals surface area contributed by atoms with Crippen LogP contribution >= 0.6 is 0 Å². The second kappa shape index (κ2) is 7.38. The first-order valence-electron chi connectivity index (χ1n) is 7.02. The van der Waals surface area contributed by atoms with E-state index in [0.717, 1.165) is 0 Å². The molecule has 0 fully saturated rings. The molecule has 120 valence electrons. The van der Waals surface area contributed by atoms with Crippen LogP contribution in [0.15, 0.2) is 11.6 Å². The summed E-state index contributed by atoms with van der Waals surface area (Å²) < 4.78 is 0. The van der Waals surface area contributed by atoms with Gasteiger partial charge < -0.3 is 10.2 Å². The third-order valence-electron chi connectivity index (χ3n) is 3.68. The van der Waals surface area contributed by atoms with Crippen molar-refractivity contribution in [3.63, 3.8) is 0 Å². The molecule has 0 heterocycles. The highest BCUT2D eigenvalue weighted by atomic mass is 16.4. The largest absolute Gasteiger partial charge is 0.481 e. The number of carboxylic acids is 2. The average Bonchev–Trinajstić information content (AvgIpc) is 2.29. The zero-order valence-electron chi connectivity index (χ0n) is 13.6. The fourth-order valence-electron chi connectivity index (χ4n) is 2.20. The first-order chi connectivity index (χ1) is 9.37. The van der Waals surface area contributed by atoms with E-state index in [9.17, 15) is 19.5 Å². The van der Waals surface area contributed by atoms with Crippen LogP contribution in [0.1, 0.15) is 48.0 Å². The topological polar surface area (TPSA) is 91.7 Å². The molecule has 0 bridgehead atoms. The van der Waals surface area contributed by atoms with Crippen LogP contribution in [0.3, 0.4) is 0 Å². The number of carboxylic acid groups (broad SMARTS) is 2. The maximum atomic E-state index is 11.8. The fraction of sp³-hybridized carbons (Fsp3) is 0.688. The van der Waals surface area contributed by atoms with Gasteiger partial charge in [-0.15, -0.1) is 0 Å². The lowest BCUT2D eigenvalue weighted by Crippen LogP contribution is -2.28. The third-order valence-corrected chi connectivity index (χ3v) is 3.68. The predicted molar refractivity (Wildman–Crippen MR) is 79.9 cm³/mol. The van der Waals surface area contributed by atoms with Crippen molar-refractivity contribution in [2.75, 3.05) is 0 Å². The summed E-state index contributed by atoms with van der Waals surface area (Å²) in [6, 6.07) is 0. The summed E-state index contributed by atoms with van der Waals surface area (Å²) in [5, 5.41) is 18.3. The van der Waals surface area contributed by atoms with Crippen molar-refractivity contribution >= 4 is 17.7 Å². The van der Waals surface area contributed by atoms with Gasteiger partial charge in [0.15, 0.2) is 0 Å². The minimum absolute atomic E-state index is 0.144. The van der Waals surface area contributed by atoms with E-state index in [1.807, 2.05) is 20.8 Å². The van der Waals surface area contributed by atoms with Crippen molar-refractivity contribution in [1.82, 2.24) is 0 Å². The average molecular weight is 298 g/mol. The molecular formula is C16H26O5. The molecule has 0 aliphatic heterocycles. The van der Waals surface area contributed by atoms with Crippen LogP contribution in [0.5, 0.6) is 0 Å². The quantitative estimate of drug-likeness (QED) is 0.705. The van der Waals surface area contributed by atoms with Crippen molar-refractivity contribution in [1.29, 1.82) is 0 Å². The summed E-state index contributed by atoms with van der Waals surface area (Å²) in [5.41, 5.74) is 0.144. The van der Waals surface area contributed by atoms with Gasteiger partial charge in [0.25, 0.3) is 0 Å². The van der Waals surface area contributed by atoms with E-state index in [4.69, 9.17) is 5.11 Å². The molecule has 0 spiro atoms. The van der Waals surface area contributed by atoms with Crippen molar-refractivity contribution in [3.8, 4) is 0 Å². The van der Waals surface area contributed by atoms with Gasteiger partial charge in [0.05, 0.1) is 11.8 Å². The van der Waals surface area contributed by atoms with Gasteiger partial charge in [-0.2, -0.15) is 0 Å². The van der Waals surface area contributed by atoms with Crippen molar-refractivity contribution in [2.24, 2.45) is 23.2 Å². The van der Waals surface area contributed by atoms with Crippen LogP contribution < -0.4 is 0 Å². The SMILES string of the molecule is CC(=O)C(CC(C)C(=O)O)/C(C)=C\C(C(=O)O)C(C)(C)C. The van der Waals surface area contributed by atoms with Crippen LogP contribution in [-0.2, 0) is 14.4 Å². The molecule has 0 aromatic rings. The van der Waals surface area contributed by atoms with E-state index >= 15 is 0 Å². The third kappa shape index (κ3) is 6.10. The fourth-order valence-corrected chi connectivity index (χ4v) is 2.20. The second-order valence-electron chi connectivity index (χ2n) is 6.73. The molecule has 0 aromatic carbocycles. The number of carbonyl (C=O) groups excluding carboxylic acids is 1. The van der Waals surface area contributed by atoms with Gasteiger partial charge in [0.2, 0.25) is 0 Å². The van der Waals surface area contributed by atoms with Gasteiger partial charge in [-0.25, -0.2) is 0 Å². The maximum absolute atomic E-state index is 11.8. The van der Waals surface area contributed by atoms with Crippen LogP contribution in [0.25, 0.3) is 0 Å². The van der Waals surface area contributed by atoms with E-state index in [2.05, 4.69) is 0 Å². The highest BCUT2D eigenvalue weighted by Gasteiger charge is 2.31. The first-order valence-corrected chi connectivity index (χ1v) is 7.02. The Morgan fingerprint density at radius 3 is 1.81 bits per heavy atom. The molecule has 0 aliphatic carbocycles. The molecule has 2 N–H and O–H groups in total. The maximum Gasteiger partial charge on any atom is 0.310 e. The monoisotopic (exact) mass is 298 g/mol. The minimum Gasteiger partial charge on any atom is -0.481 e. The molecule has 0 amide bonds. The zero-order valence-corrected chi connectivity index (χ0v) is 13.6. The number of hydrogen-bond acceptors (Lipinski definition) is 3. The standard InChI is InChI=1S/C16H26O5/c1-9(8-13(15(20)21)16(4,5)6)12(11(3)17)7-10(2)14(18)19/h8,10,12-13H,7H2,1-6H3,(H,18,19)(H,20,21)/b9-8-. The molecule has 21 heavy (non-hydrogen) atoms. The minimum atomic E-state index is -0.959. The molecule has 0 aromatic heterocycles. The summed E-state index contributed by atoms with van der Waals surface area (Å²) in [5.74, 6) is -3.98. The summed E-state index contributed by atoms with van der Waals surface area (Å²) in [6.07, 6.45) is 1.77. The predicted octanol–water partition coefficient (Wildman–Crippen LogP) is 3.00. The Kier molecular flexibility index (Phi) is 6.80. The number of aliphatic carboxylic acids is 2. The Labute approximate surface area is 126 Å². The Morgan fingerprint density at radius 1 is 1.05 bits per heavy atom. The van der Waals surface area contributed by atoms with E-state index in [1.165, 1.54) is 6.92 Å². The molecule has 3 unspecified atom stereocenters. The number of allylic oxidation sites excluding steroid dienone is 1. The summed E-state index contributed by atoms with van der Waals surface area (Å²) in [6.45, 7) is 10.1. The molecule has 3 atom stereocenters. The van der Waals surface area contributed by atoms with Crippen LogP contribution in [0.4, 0.5) is 0 Å². The molecule has 5 heteroatoms. The highest BCUT2D eigenvalue weighted by Crippen LogP contribution is 2.31. The van der Waals surface area contributed by atoms with Crippen LogP contribution in [-0.4, -0.2) is 27.9 Å². The Morgan fingerprint density at radius 2 is 1.52 bits per heavy atom. The van der Waals surface area contributed by atoms with E-state index in [1.54, 1.807) is 19.9 Å². The number of hydrogen-bond donors (Lipinski definition) is 2. The molecule has 0 aliphatic rings. The number of rotatable bonds is 7. The lowest BCUT2D eigenvalue weighted by atomic mass is 9.77. The molecule has 0 saturated carbocycles. The number of ketones is 1. The molecule has 0 saturated heterocycles. The summed E-state index contributed by atoms with van der Waals surface area (Å²) >= 11 is 0. The summed E-state index contributed by atoms with van der Waals surface area (Å²) in [7, 11) is 0. The van der Waals surface area contributed by atoms with Gasteiger partial charge in [0, 0.05) is 5.92 Å². The van der Waals surface area contributed by atoms with Crippen LogP contribution in [0, 0.1) is 23.2 Å². The molecule has 5 nitrogen and oxygen atoms in total. The lowest BCUT2D eigenvalue weighted by molar-refractivity contribution is -0.144. The Balaban J connectivity index is 5.41. The van der Waals surface area contributed by atoms with Gasteiger partial charge >= 0.3 is 11.9 Å². The van der Waals surface area contributed by atoms with Gasteiger partial charge in [-0.05, 0) is 25.7 Å². The second-order valence-corrected chi connectivity index (χ2v) is 6.73. The highest BCUT2D eigenvalue weighted by molar-refractivity contribution is 5.82. The molecular weight excluding hydrogens is 272 g/mol. The number of Topliss-reactive ketones (excluding diaryl/α,β-unsaturated/α-hetero) is 1. The summed E-state index contributed by atoms with van der Waals surface area (Å²) in [4.78, 5) is 34.1. The van der Waals surface area contributed by atoms with Crippen molar-refractivity contribution < 1.29 is 24.6 Å². The lowest BCUT2D eigenvalue weighted by Gasteiger charge is -2.26. The number of carbonyl (C=O) groups is 3. The van der Waals surface area contributed by atoms with Gasteiger partial charge in [-0.3, -0.25) is 14.4 Å². The Bertz CT molecular complexity index is 442. The smallest absolute Gasteiger partial charge is 0.310 e. The Hall–Kier alpha value is -1.65. The van der Waals surface area contributed by atoms with Crippen molar-refractivity contribution in [3.05, 3.63) is 11.6 Å². The first kappa shape index (κ1) is 19.4. The van der Waals surface area contributed by atoms with E-state index in [0.29, 0.717) is 5.57 Å². The molecule has 0 rings (SSSR count). The van der Waals surface area contributed by atoms with E-state index < -0.39 is 35.1 Å². The normalized spacial score (nSPS) is 17.0. The van der Waals surface area contributed by atoms with Gasteiger partial charge in [0.1, 0.15) is 5.78 Å².